The molecule has 0 spiro atoms. The summed E-state index contributed by atoms with van der Waals surface area (Å²) in [5.41, 5.74) is 4.60. The van der Waals surface area contributed by atoms with Crippen molar-refractivity contribution < 1.29 is 0 Å². The van der Waals surface area contributed by atoms with E-state index in [0.717, 1.165) is 37.5 Å². The van der Waals surface area contributed by atoms with E-state index in [1.165, 1.54) is 29.9 Å². The Hall–Kier alpha value is -1.62. The topological polar surface area (TPSA) is 45.5 Å². The predicted molar refractivity (Wildman–Crippen MR) is 79.5 cm³/mol. The maximum absolute atomic E-state index is 4.84. The summed E-state index contributed by atoms with van der Waals surface area (Å²) in [6.07, 6.45) is 2.57. The van der Waals surface area contributed by atoms with Crippen LogP contribution in [0.5, 0.6) is 0 Å². The molecular formula is C15H21N5. The summed E-state index contributed by atoms with van der Waals surface area (Å²) in [5, 5.41) is 8.26. The molecule has 1 saturated carbocycles. The lowest BCUT2D eigenvalue weighted by Gasteiger charge is -2.31. The van der Waals surface area contributed by atoms with Crippen LogP contribution in [0.1, 0.15) is 35.7 Å². The van der Waals surface area contributed by atoms with Crippen LogP contribution in [0.15, 0.2) is 6.07 Å². The van der Waals surface area contributed by atoms with Gasteiger partial charge in [-0.15, -0.1) is 0 Å². The van der Waals surface area contributed by atoms with Gasteiger partial charge in [-0.1, -0.05) is 0 Å². The average molecular weight is 271 g/mol. The van der Waals surface area contributed by atoms with Gasteiger partial charge in [0.1, 0.15) is 5.82 Å². The molecule has 0 amide bonds. The molecule has 20 heavy (non-hydrogen) atoms. The average Bonchev–Trinajstić information content (AvgIpc) is 3.23. The zero-order valence-corrected chi connectivity index (χ0v) is 12.2. The summed E-state index contributed by atoms with van der Waals surface area (Å²) in [7, 11) is 0. The van der Waals surface area contributed by atoms with Crippen LogP contribution >= 0.6 is 0 Å². The zero-order valence-electron chi connectivity index (χ0n) is 12.2. The number of fused-ring (bicyclic) bond motifs is 1. The van der Waals surface area contributed by atoms with Crippen molar-refractivity contribution in [3.8, 4) is 0 Å². The second-order valence-corrected chi connectivity index (χ2v) is 6.00. The number of aryl methyl sites for hydroxylation is 1. The summed E-state index contributed by atoms with van der Waals surface area (Å²) in [6, 6.07) is 2.18. The van der Waals surface area contributed by atoms with Crippen molar-refractivity contribution in [3.63, 3.8) is 0 Å². The normalized spacial score (nSPS) is 19.8. The van der Waals surface area contributed by atoms with Gasteiger partial charge in [-0.25, -0.2) is 4.98 Å². The smallest absolute Gasteiger partial charge is 0.157 e. The lowest BCUT2D eigenvalue weighted by molar-refractivity contribution is 0.577. The summed E-state index contributed by atoms with van der Waals surface area (Å²) in [5.74, 6) is 1.91. The number of nitrogens with zero attached hydrogens (tertiary/aromatic N) is 4. The molecule has 2 aliphatic rings. The summed E-state index contributed by atoms with van der Waals surface area (Å²) in [6.45, 7) is 8.43. The predicted octanol–water partition coefficient (Wildman–Crippen LogP) is 1.63. The zero-order chi connectivity index (χ0) is 13.7. The molecule has 2 fully saturated rings. The Bertz CT molecular complexity index is 650. The molecule has 2 aromatic heterocycles. The first kappa shape index (κ1) is 12.1. The molecule has 1 aliphatic heterocycles. The van der Waals surface area contributed by atoms with Gasteiger partial charge in [-0.05, 0) is 26.7 Å². The molecule has 0 aromatic carbocycles. The highest BCUT2D eigenvalue weighted by molar-refractivity contribution is 5.57. The molecule has 1 aliphatic carbocycles. The van der Waals surface area contributed by atoms with Gasteiger partial charge in [-0.3, -0.25) is 0 Å². The maximum Gasteiger partial charge on any atom is 0.157 e. The van der Waals surface area contributed by atoms with Crippen LogP contribution in [0, 0.1) is 13.8 Å². The first-order valence-electron chi connectivity index (χ1n) is 7.56. The second-order valence-electron chi connectivity index (χ2n) is 6.00. The Morgan fingerprint density at radius 3 is 2.65 bits per heavy atom. The lowest BCUT2D eigenvalue weighted by Crippen LogP contribution is -2.44. The number of piperazine rings is 1. The van der Waals surface area contributed by atoms with E-state index in [4.69, 9.17) is 10.1 Å². The van der Waals surface area contributed by atoms with Gasteiger partial charge in [0.25, 0.3) is 0 Å². The maximum atomic E-state index is 4.84. The molecule has 1 N–H and O–H groups in total. The molecule has 2 aromatic rings. The van der Waals surface area contributed by atoms with Crippen molar-refractivity contribution in [2.24, 2.45) is 0 Å². The van der Waals surface area contributed by atoms with Gasteiger partial charge < -0.3 is 10.2 Å². The molecule has 4 rings (SSSR count). The standard InChI is InChI=1S/C15H21N5/c1-10-11(2)17-14-9-13(12-3-4-12)18-20(14)15(10)19-7-5-16-6-8-19/h9,12,16H,3-8H2,1-2H3. The fraction of sp³-hybridized carbons (Fsp3) is 0.600. The Morgan fingerprint density at radius 1 is 1.20 bits per heavy atom. The van der Waals surface area contributed by atoms with E-state index in [0.29, 0.717) is 5.92 Å². The van der Waals surface area contributed by atoms with Crippen molar-refractivity contribution in [1.29, 1.82) is 0 Å². The molecule has 5 nitrogen and oxygen atoms in total. The van der Waals surface area contributed by atoms with Crippen LogP contribution in [0.3, 0.4) is 0 Å². The van der Waals surface area contributed by atoms with E-state index < -0.39 is 0 Å². The fourth-order valence-electron chi connectivity index (χ4n) is 3.03. The number of aromatic nitrogens is 3. The Kier molecular flexibility index (Phi) is 2.70. The van der Waals surface area contributed by atoms with Crippen LogP contribution < -0.4 is 10.2 Å². The number of hydrogen-bond donors (Lipinski definition) is 1. The highest BCUT2D eigenvalue weighted by Gasteiger charge is 2.28. The van der Waals surface area contributed by atoms with Gasteiger partial charge in [0.15, 0.2) is 5.65 Å². The van der Waals surface area contributed by atoms with Crippen LogP contribution in [0.25, 0.3) is 5.65 Å². The third-order valence-corrected chi connectivity index (χ3v) is 4.48. The molecule has 1 saturated heterocycles. The van der Waals surface area contributed by atoms with Crippen LogP contribution in [0.2, 0.25) is 0 Å². The summed E-state index contributed by atoms with van der Waals surface area (Å²) < 4.78 is 2.07. The summed E-state index contributed by atoms with van der Waals surface area (Å²) in [4.78, 5) is 7.16. The Balaban J connectivity index is 1.88. The van der Waals surface area contributed by atoms with Gasteiger partial charge in [0, 0.05) is 49.4 Å². The minimum atomic E-state index is 0.674. The third kappa shape index (κ3) is 1.88. The van der Waals surface area contributed by atoms with E-state index in [9.17, 15) is 0 Å². The molecule has 5 heteroatoms. The van der Waals surface area contributed by atoms with Crippen molar-refractivity contribution in [2.45, 2.75) is 32.6 Å². The number of anilines is 1. The first-order valence-corrected chi connectivity index (χ1v) is 7.56. The third-order valence-electron chi connectivity index (χ3n) is 4.48. The van der Waals surface area contributed by atoms with Gasteiger partial charge in [0.2, 0.25) is 0 Å². The monoisotopic (exact) mass is 271 g/mol. The van der Waals surface area contributed by atoms with E-state index in [1.807, 2.05) is 0 Å². The van der Waals surface area contributed by atoms with Crippen LogP contribution in [-0.2, 0) is 0 Å². The molecule has 0 bridgehead atoms. The quantitative estimate of drug-likeness (QED) is 0.902. The molecule has 0 unspecified atom stereocenters. The van der Waals surface area contributed by atoms with Crippen molar-refractivity contribution >= 4 is 11.5 Å². The minimum absolute atomic E-state index is 0.674. The SMILES string of the molecule is Cc1nc2cc(C3CC3)nn2c(N2CCNCC2)c1C. The molecule has 0 atom stereocenters. The number of nitrogens with one attached hydrogen (secondary N) is 1. The first-order chi connectivity index (χ1) is 9.74. The van der Waals surface area contributed by atoms with E-state index in [1.54, 1.807) is 0 Å². The van der Waals surface area contributed by atoms with Crippen molar-refractivity contribution in [1.82, 2.24) is 19.9 Å². The van der Waals surface area contributed by atoms with Crippen molar-refractivity contribution in [3.05, 3.63) is 23.0 Å². The van der Waals surface area contributed by atoms with Gasteiger partial charge in [0.05, 0.1) is 5.69 Å². The van der Waals surface area contributed by atoms with E-state index in [-0.39, 0.29) is 0 Å². The number of hydrogen-bond acceptors (Lipinski definition) is 4. The summed E-state index contributed by atoms with van der Waals surface area (Å²) >= 11 is 0. The fourth-order valence-corrected chi connectivity index (χ4v) is 3.03. The van der Waals surface area contributed by atoms with Gasteiger partial charge >= 0.3 is 0 Å². The molecule has 106 valence electrons. The molecule has 0 radical (unpaired) electrons. The Morgan fingerprint density at radius 2 is 1.95 bits per heavy atom. The van der Waals surface area contributed by atoms with Gasteiger partial charge in [-0.2, -0.15) is 9.61 Å². The van der Waals surface area contributed by atoms with E-state index >= 15 is 0 Å². The van der Waals surface area contributed by atoms with Crippen LogP contribution in [-0.4, -0.2) is 40.8 Å². The van der Waals surface area contributed by atoms with Crippen molar-refractivity contribution in [2.75, 3.05) is 31.1 Å². The highest BCUT2D eigenvalue weighted by atomic mass is 15.4. The Labute approximate surface area is 119 Å². The van der Waals surface area contributed by atoms with E-state index in [2.05, 4.69) is 34.6 Å². The minimum Gasteiger partial charge on any atom is -0.354 e. The molecular weight excluding hydrogens is 250 g/mol. The second kappa shape index (κ2) is 4.45. The largest absolute Gasteiger partial charge is 0.354 e. The molecule has 3 heterocycles. The lowest BCUT2D eigenvalue weighted by atomic mass is 10.2. The highest BCUT2D eigenvalue weighted by Crippen LogP contribution is 2.40. The van der Waals surface area contributed by atoms with Crippen LogP contribution in [0.4, 0.5) is 5.82 Å². The number of rotatable bonds is 2.